The van der Waals surface area contributed by atoms with Crippen molar-refractivity contribution in [3.8, 4) is 0 Å². The molecule has 0 unspecified atom stereocenters. The van der Waals surface area contributed by atoms with Gasteiger partial charge in [0.05, 0.1) is 19.1 Å². The Labute approximate surface area is 136 Å². The third kappa shape index (κ3) is 2.36. The Balaban J connectivity index is 2.12. The van der Waals surface area contributed by atoms with Crippen LogP contribution in [-0.2, 0) is 14.9 Å². The smallest absolute Gasteiger partial charge is 0.310 e. The van der Waals surface area contributed by atoms with E-state index in [0.717, 1.165) is 11.1 Å². The minimum atomic E-state index is -0.652. The zero-order valence-corrected chi connectivity index (χ0v) is 13.7. The summed E-state index contributed by atoms with van der Waals surface area (Å²) in [7, 11) is 1.41. The molecule has 1 saturated carbocycles. The lowest BCUT2D eigenvalue weighted by molar-refractivity contribution is -0.143. The van der Waals surface area contributed by atoms with E-state index in [1.54, 1.807) is 6.92 Å². The van der Waals surface area contributed by atoms with Crippen LogP contribution < -0.4 is 0 Å². The molecule has 0 heterocycles. The number of rotatable bonds is 4. The Hall–Kier alpha value is -2.13. The Morgan fingerprint density at radius 1 is 1.13 bits per heavy atom. The maximum absolute atomic E-state index is 12.4. The van der Waals surface area contributed by atoms with Gasteiger partial charge in [-0.2, -0.15) is 0 Å². The normalized spacial score (nSPS) is 27.3. The predicted molar refractivity (Wildman–Crippen MR) is 89.2 cm³/mol. The minimum Gasteiger partial charge on any atom is -0.469 e. The topological polar surface area (TPSA) is 46.5 Å². The second kappa shape index (κ2) is 5.82. The number of hydrogen-bond acceptors (Lipinski definition) is 3. The number of carbonyl (C=O) groups excluding carboxylic acids is 1. The summed E-state index contributed by atoms with van der Waals surface area (Å²) in [5, 5.41) is 10.6. The molecule has 0 saturated heterocycles. The van der Waals surface area contributed by atoms with Crippen LogP contribution in [0.1, 0.15) is 29.5 Å². The summed E-state index contributed by atoms with van der Waals surface area (Å²) in [6, 6.07) is 18.0. The van der Waals surface area contributed by atoms with E-state index >= 15 is 0 Å². The summed E-state index contributed by atoms with van der Waals surface area (Å²) in [6.07, 6.45) is -0.652. The molecule has 3 heteroatoms. The number of carbonyl (C=O) groups is 1. The van der Waals surface area contributed by atoms with Gasteiger partial charge >= 0.3 is 5.97 Å². The fourth-order valence-electron chi connectivity index (χ4n) is 3.95. The molecule has 120 valence electrons. The SMILES string of the molecule is COC(=O)[C@@H]1[C@@H](c2ccc(C)cc2)[C@@]1(c1ccccc1)[C@@H](C)O. The van der Waals surface area contributed by atoms with Gasteiger partial charge in [-0.15, -0.1) is 0 Å². The van der Waals surface area contributed by atoms with Crippen LogP contribution in [0.2, 0.25) is 0 Å². The van der Waals surface area contributed by atoms with E-state index in [-0.39, 0.29) is 17.8 Å². The molecule has 1 fully saturated rings. The molecule has 23 heavy (non-hydrogen) atoms. The second-order valence-corrected chi connectivity index (χ2v) is 6.36. The van der Waals surface area contributed by atoms with E-state index in [4.69, 9.17) is 4.74 Å². The average molecular weight is 310 g/mol. The fraction of sp³-hybridized carbons (Fsp3) is 0.350. The summed E-state index contributed by atoms with van der Waals surface area (Å²) < 4.78 is 5.03. The van der Waals surface area contributed by atoms with Crippen LogP contribution in [0.4, 0.5) is 0 Å². The van der Waals surface area contributed by atoms with Gasteiger partial charge in [-0.1, -0.05) is 60.2 Å². The standard InChI is InChI=1S/C20H22O3/c1-13-9-11-15(12-10-13)17-18(19(22)23-3)20(17,14(2)21)16-7-5-4-6-8-16/h4-12,14,17-18,21H,1-3H3/t14-,17-,18+,20+/m1/s1. The lowest BCUT2D eigenvalue weighted by Crippen LogP contribution is -2.28. The molecular formula is C20H22O3. The number of aryl methyl sites for hydroxylation is 1. The molecule has 3 nitrogen and oxygen atoms in total. The van der Waals surface area contributed by atoms with Crippen molar-refractivity contribution < 1.29 is 14.6 Å². The number of ether oxygens (including phenoxy) is 1. The maximum atomic E-state index is 12.4. The molecule has 4 atom stereocenters. The van der Waals surface area contributed by atoms with Gasteiger partial charge in [-0.05, 0) is 25.0 Å². The molecule has 1 aliphatic carbocycles. The van der Waals surface area contributed by atoms with E-state index in [1.165, 1.54) is 12.7 Å². The largest absolute Gasteiger partial charge is 0.469 e. The number of esters is 1. The van der Waals surface area contributed by atoms with Gasteiger partial charge in [0.15, 0.2) is 0 Å². The summed E-state index contributed by atoms with van der Waals surface area (Å²) in [6.45, 7) is 3.80. The van der Waals surface area contributed by atoms with Gasteiger partial charge in [0, 0.05) is 11.3 Å². The molecule has 0 aliphatic heterocycles. The first-order valence-corrected chi connectivity index (χ1v) is 7.91. The monoisotopic (exact) mass is 310 g/mol. The van der Waals surface area contributed by atoms with Gasteiger partial charge in [-0.3, -0.25) is 4.79 Å². The Morgan fingerprint density at radius 2 is 1.74 bits per heavy atom. The van der Waals surface area contributed by atoms with E-state index in [0.29, 0.717) is 0 Å². The summed E-state index contributed by atoms with van der Waals surface area (Å²) in [4.78, 5) is 12.4. The van der Waals surface area contributed by atoms with Crippen LogP contribution in [0, 0.1) is 12.8 Å². The first-order valence-electron chi connectivity index (χ1n) is 7.91. The molecule has 2 aromatic rings. The lowest BCUT2D eigenvalue weighted by Gasteiger charge is -2.22. The van der Waals surface area contributed by atoms with Gasteiger partial charge in [0.25, 0.3) is 0 Å². The van der Waals surface area contributed by atoms with Crippen LogP contribution in [-0.4, -0.2) is 24.3 Å². The van der Waals surface area contributed by atoms with Crippen molar-refractivity contribution in [3.63, 3.8) is 0 Å². The molecule has 0 aromatic heterocycles. The molecule has 0 spiro atoms. The highest BCUT2D eigenvalue weighted by atomic mass is 16.5. The fourth-order valence-corrected chi connectivity index (χ4v) is 3.95. The second-order valence-electron chi connectivity index (χ2n) is 6.36. The van der Waals surface area contributed by atoms with Crippen molar-refractivity contribution >= 4 is 5.97 Å². The first kappa shape index (κ1) is 15.8. The molecule has 0 radical (unpaired) electrons. The Kier molecular flexibility index (Phi) is 3.99. The highest BCUT2D eigenvalue weighted by Gasteiger charge is 2.72. The summed E-state index contributed by atoms with van der Waals surface area (Å²) in [5.41, 5.74) is 2.60. The number of hydrogen-bond donors (Lipinski definition) is 1. The van der Waals surface area contributed by atoms with Crippen LogP contribution in [0.5, 0.6) is 0 Å². The summed E-state index contributed by atoms with van der Waals surface area (Å²) >= 11 is 0. The van der Waals surface area contributed by atoms with Gasteiger partial charge < -0.3 is 9.84 Å². The number of methoxy groups -OCH3 is 1. The van der Waals surface area contributed by atoms with Crippen molar-refractivity contribution in [2.24, 2.45) is 5.92 Å². The van der Waals surface area contributed by atoms with Gasteiger partial charge in [0.2, 0.25) is 0 Å². The van der Waals surface area contributed by atoms with Gasteiger partial charge in [-0.25, -0.2) is 0 Å². The molecule has 1 aliphatic rings. The summed E-state index contributed by atoms with van der Waals surface area (Å²) in [5.74, 6) is -0.698. The van der Waals surface area contributed by atoms with Crippen molar-refractivity contribution in [2.75, 3.05) is 7.11 Å². The highest BCUT2D eigenvalue weighted by Crippen LogP contribution is 2.67. The number of benzene rings is 2. The zero-order valence-electron chi connectivity index (χ0n) is 13.7. The van der Waals surface area contributed by atoms with Crippen molar-refractivity contribution in [1.82, 2.24) is 0 Å². The molecule has 3 rings (SSSR count). The molecule has 0 bridgehead atoms. The average Bonchev–Trinajstić information content (AvgIpc) is 3.27. The predicted octanol–water partition coefficient (Wildman–Crippen LogP) is 3.20. The zero-order chi connectivity index (χ0) is 16.6. The van der Waals surface area contributed by atoms with Crippen molar-refractivity contribution in [1.29, 1.82) is 0 Å². The van der Waals surface area contributed by atoms with Crippen LogP contribution in [0.3, 0.4) is 0 Å². The minimum absolute atomic E-state index is 0.0713. The molecule has 2 aromatic carbocycles. The third-order valence-electron chi connectivity index (χ3n) is 5.11. The lowest BCUT2D eigenvalue weighted by atomic mass is 9.85. The molecular weight excluding hydrogens is 288 g/mol. The highest BCUT2D eigenvalue weighted by molar-refractivity contribution is 5.83. The quantitative estimate of drug-likeness (QED) is 0.882. The Morgan fingerprint density at radius 3 is 2.26 bits per heavy atom. The van der Waals surface area contributed by atoms with E-state index in [1.807, 2.05) is 61.5 Å². The van der Waals surface area contributed by atoms with Crippen LogP contribution in [0.15, 0.2) is 54.6 Å². The molecule has 0 amide bonds. The maximum Gasteiger partial charge on any atom is 0.310 e. The molecule has 1 N–H and O–H groups in total. The number of aliphatic hydroxyl groups is 1. The van der Waals surface area contributed by atoms with Gasteiger partial charge in [0.1, 0.15) is 0 Å². The van der Waals surface area contributed by atoms with Crippen molar-refractivity contribution in [2.45, 2.75) is 31.3 Å². The van der Waals surface area contributed by atoms with Crippen LogP contribution in [0.25, 0.3) is 0 Å². The Bertz CT molecular complexity index is 691. The number of aliphatic hydroxyl groups excluding tert-OH is 1. The first-order chi connectivity index (χ1) is 11.0. The van der Waals surface area contributed by atoms with Crippen LogP contribution >= 0.6 is 0 Å². The van der Waals surface area contributed by atoms with Crippen molar-refractivity contribution in [3.05, 3.63) is 71.3 Å². The third-order valence-corrected chi connectivity index (χ3v) is 5.11. The van der Waals surface area contributed by atoms with E-state index < -0.39 is 11.5 Å². The van der Waals surface area contributed by atoms with E-state index in [9.17, 15) is 9.90 Å². The van der Waals surface area contributed by atoms with E-state index in [2.05, 4.69) is 0 Å².